The average Bonchev–Trinajstić information content (AvgIpc) is 2.64. The fraction of sp³-hybridized carbons (Fsp3) is 0.636. The molecule has 6 heteroatoms. The minimum atomic E-state index is -0.843. The van der Waals surface area contributed by atoms with Crippen molar-refractivity contribution in [2.24, 2.45) is 7.05 Å². The number of thioether (sulfide) groups is 1. The van der Waals surface area contributed by atoms with E-state index in [1.165, 1.54) is 0 Å². The molecule has 1 aromatic rings. The predicted octanol–water partition coefficient (Wildman–Crippen LogP) is 1.36. The van der Waals surface area contributed by atoms with Crippen LogP contribution in [0.1, 0.15) is 20.3 Å². The maximum atomic E-state index is 11.2. The number of hydrogen-bond acceptors (Lipinski definition) is 4. The number of nitrogens with zero attached hydrogens (tertiary/aromatic N) is 2. The molecule has 5 nitrogen and oxygen atoms in total. The van der Waals surface area contributed by atoms with E-state index in [-0.39, 0.29) is 0 Å². The standard InChI is InChI=1S/C11H19N3O2S/c1-4-12-11(2,10(15)16)5-6-17-9-7-13-14(3)8-9/h7-8,12H,4-6H2,1-3H3,(H,15,16). The third-order valence-corrected chi connectivity index (χ3v) is 3.54. The number of rotatable bonds is 7. The molecule has 2 N–H and O–H groups in total. The second-order valence-corrected chi connectivity index (χ2v) is 5.28. The monoisotopic (exact) mass is 257 g/mol. The van der Waals surface area contributed by atoms with Crippen LogP contribution in [0.3, 0.4) is 0 Å². The van der Waals surface area contributed by atoms with Gasteiger partial charge in [0, 0.05) is 23.9 Å². The summed E-state index contributed by atoms with van der Waals surface area (Å²) >= 11 is 1.62. The number of aromatic nitrogens is 2. The van der Waals surface area contributed by atoms with Crippen LogP contribution in [0.15, 0.2) is 17.3 Å². The zero-order valence-corrected chi connectivity index (χ0v) is 11.3. The SMILES string of the molecule is CCNC(C)(CCSc1cnn(C)c1)C(=O)O. The van der Waals surface area contributed by atoms with Crippen LogP contribution in [0.2, 0.25) is 0 Å². The third kappa shape index (κ3) is 4.05. The van der Waals surface area contributed by atoms with Crippen molar-refractivity contribution < 1.29 is 9.90 Å². The topological polar surface area (TPSA) is 67.2 Å². The van der Waals surface area contributed by atoms with E-state index < -0.39 is 11.5 Å². The Labute approximate surface area is 106 Å². The quantitative estimate of drug-likeness (QED) is 0.722. The van der Waals surface area contributed by atoms with Crippen molar-refractivity contribution in [1.29, 1.82) is 0 Å². The number of nitrogens with one attached hydrogen (secondary N) is 1. The molecule has 0 bridgehead atoms. The molecule has 0 spiro atoms. The van der Waals surface area contributed by atoms with Crippen molar-refractivity contribution in [3.8, 4) is 0 Å². The molecule has 0 aliphatic heterocycles. The molecule has 0 fully saturated rings. The van der Waals surface area contributed by atoms with Gasteiger partial charge in [-0.2, -0.15) is 5.10 Å². The normalized spacial score (nSPS) is 14.5. The summed E-state index contributed by atoms with van der Waals surface area (Å²) < 4.78 is 1.74. The minimum absolute atomic E-state index is 0.579. The van der Waals surface area contributed by atoms with Crippen LogP contribution in [0.4, 0.5) is 0 Å². The molecule has 1 atom stereocenters. The summed E-state index contributed by atoms with van der Waals surface area (Å²) in [5, 5.41) is 16.3. The van der Waals surface area contributed by atoms with Crippen LogP contribution >= 0.6 is 11.8 Å². The second-order valence-electron chi connectivity index (χ2n) is 4.12. The molecule has 1 rings (SSSR count). The van der Waals surface area contributed by atoms with Gasteiger partial charge < -0.3 is 10.4 Å². The molecule has 1 unspecified atom stereocenters. The lowest BCUT2D eigenvalue weighted by Gasteiger charge is -2.25. The number of aryl methyl sites for hydroxylation is 1. The van der Waals surface area contributed by atoms with Gasteiger partial charge in [-0.25, -0.2) is 0 Å². The number of likely N-dealkylation sites (N-methyl/N-ethyl adjacent to an activating group) is 1. The van der Waals surface area contributed by atoms with Gasteiger partial charge in [-0.3, -0.25) is 9.48 Å². The Morgan fingerprint density at radius 2 is 2.41 bits per heavy atom. The molecule has 0 aromatic carbocycles. The highest BCUT2D eigenvalue weighted by atomic mass is 32.2. The summed E-state index contributed by atoms with van der Waals surface area (Å²) in [5.41, 5.74) is -0.843. The Balaban J connectivity index is 2.45. The van der Waals surface area contributed by atoms with Crippen LogP contribution in [0.5, 0.6) is 0 Å². The Bertz CT molecular complexity index is 381. The van der Waals surface area contributed by atoms with Crippen molar-refractivity contribution >= 4 is 17.7 Å². The molecule has 0 aliphatic carbocycles. The Morgan fingerprint density at radius 3 is 2.88 bits per heavy atom. The number of aliphatic carboxylic acids is 1. The predicted molar refractivity (Wildman–Crippen MR) is 68.3 cm³/mol. The summed E-state index contributed by atoms with van der Waals surface area (Å²) in [4.78, 5) is 12.2. The van der Waals surface area contributed by atoms with Crippen molar-refractivity contribution in [2.75, 3.05) is 12.3 Å². The molecule has 1 aromatic heterocycles. The highest BCUT2D eigenvalue weighted by Gasteiger charge is 2.31. The van der Waals surface area contributed by atoms with Crippen LogP contribution in [-0.2, 0) is 11.8 Å². The molecular weight excluding hydrogens is 238 g/mol. The van der Waals surface area contributed by atoms with E-state index in [1.54, 1.807) is 29.6 Å². The number of carboxylic acid groups (broad SMARTS) is 1. The van der Waals surface area contributed by atoms with Gasteiger partial charge in [-0.1, -0.05) is 6.92 Å². The van der Waals surface area contributed by atoms with Gasteiger partial charge >= 0.3 is 5.97 Å². The highest BCUT2D eigenvalue weighted by molar-refractivity contribution is 7.99. The van der Waals surface area contributed by atoms with Crippen LogP contribution in [0.25, 0.3) is 0 Å². The first-order chi connectivity index (χ1) is 7.98. The first-order valence-electron chi connectivity index (χ1n) is 5.58. The van der Waals surface area contributed by atoms with E-state index >= 15 is 0 Å². The van der Waals surface area contributed by atoms with Crippen molar-refractivity contribution in [3.63, 3.8) is 0 Å². The average molecular weight is 257 g/mol. The molecular formula is C11H19N3O2S. The van der Waals surface area contributed by atoms with Crippen LogP contribution < -0.4 is 5.32 Å². The Hall–Kier alpha value is -1.01. The van der Waals surface area contributed by atoms with E-state index in [4.69, 9.17) is 0 Å². The van der Waals surface area contributed by atoms with Gasteiger partial charge in [0.25, 0.3) is 0 Å². The fourth-order valence-electron chi connectivity index (χ4n) is 1.51. The maximum absolute atomic E-state index is 11.2. The van der Waals surface area contributed by atoms with Crippen molar-refractivity contribution in [2.45, 2.75) is 30.7 Å². The smallest absolute Gasteiger partial charge is 0.323 e. The minimum Gasteiger partial charge on any atom is -0.480 e. The largest absolute Gasteiger partial charge is 0.480 e. The van der Waals surface area contributed by atoms with Gasteiger partial charge in [0.15, 0.2) is 0 Å². The summed E-state index contributed by atoms with van der Waals surface area (Å²) in [6.45, 7) is 4.29. The van der Waals surface area contributed by atoms with E-state index in [0.717, 1.165) is 10.6 Å². The molecule has 96 valence electrons. The number of hydrogen-bond donors (Lipinski definition) is 2. The fourth-order valence-corrected chi connectivity index (χ4v) is 2.60. The van der Waals surface area contributed by atoms with Gasteiger partial charge in [0.1, 0.15) is 5.54 Å². The van der Waals surface area contributed by atoms with Gasteiger partial charge in [0.2, 0.25) is 0 Å². The lowest BCUT2D eigenvalue weighted by Crippen LogP contribution is -2.49. The van der Waals surface area contributed by atoms with Crippen molar-refractivity contribution in [3.05, 3.63) is 12.4 Å². The maximum Gasteiger partial charge on any atom is 0.323 e. The molecule has 0 aliphatic rings. The lowest BCUT2D eigenvalue weighted by atomic mass is 9.99. The first kappa shape index (κ1) is 14.1. The van der Waals surface area contributed by atoms with Gasteiger partial charge in [0.05, 0.1) is 6.20 Å². The summed E-state index contributed by atoms with van der Waals surface area (Å²) in [5.74, 6) is -0.0484. The van der Waals surface area contributed by atoms with Crippen LogP contribution in [-0.4, -0.2) is 38.7 Å². The molecule has 1 heterocycles. The number of carbonyl (C=O) groups is 1. The van der Waals surface area contributed by atoms with E-state index in [2.05, 4.69) is 10.4 Å². The first-order valence-corrected chi connectivity index (χ1v) is 6.56. The second kappa shape index (κ2) is 6.07. The van der Waals surface area contributed by atoms with Gasteiger partial charge in [-0.15, -0.1) is 11.8 Å². The lowest BCUT2D eigenvalue weighted by molar-refractivity contribution is -0.144. The van der Waals surface area contributed by atoms with E-state index in [1.807, 2.05) is 20.2 Å². The summed E-state index contributed by atoms with van der Waals surface area (Å²) in [6, 6.07) is 0. The highest BCUT2D eigenvalue weighted by Crippen LogP contribution is 2.21. The molecule has 0 saturated heterocycles. The molecule has 17 heavy (non-hydrogen) atoms. The van der Waals surface area contributed by atoms with E-state index in [0.29, 0.717) is 13.0 Å². The number of carboxylic acids is 1. The third-order valence-electron chi connectivity index (χ3n) is 2.59. The zero-order chi connectivity index (χ0) is 12.9. The summed E-state index contributed by atoms with van der Waals surface area (Å²) in [7, 11) is 1.87. The Morgan fingerprint density at radius 1 is 1.71 bits per heavy atom. The van der Waals surface area contributed by atoms with Gasteiger partial charge in [-0.05, 0) is 19.9 Å². The van der Waals surface area contributed by atoms with Crippen molar-refractivity contribution in [1.82, 2.24) is 15.1 Å². The van der Waals surface area contributed by atoms with E-state index in [9.17, 15) is 9.90 Å². The van der Waals surface area contributed by atoms with Crippen LogP contribution in [0, 0.1) is 0 Å². The molecule has 0 radical (unpaired) electrons. The Kier molecular flexibility index (Phi) is 5.02. The molecule has 0 saturated carbocycles. The summed E-state index contributed by atoms with van der Waals surface area (Å²) in [6.07, 6.45) is 4.29. The zero-order valence-electron chi connectivity index (χ0n) is 10.4. The molecule has 0 amide bonds.